The van der Waals surface area contributed by atoms with Crippen LogP contribution in [0.5, 0.6) is 5.75 Å². The molecule has 0 N–H and O–H groups in total. The van der Waals surface area contributed by atoms with Gasteiger partial charge in [0.05, 0.1) is 21.4 Å². The fourth-order valence-corrected chi connectivity index (χ4v) is 6.84. The van der Waals surface area contributed by atoms with Crippen LogP contribution in [0.1, 0.15) is 19.4 Å². The zero-order valence-electron chi connectivity index (χ0n) is 19.2. The number of sulfone groups is 1. The molecule has 0 amide bonds. The van der Waals surface area contributed by atoms with Gasteiger partial charge in [-0.05, 0) is 37.6 Å². The highest BCUT2D eigenvalue weighted by molar-refractivity contribution is 7.91. The van der Waals surface area contributed by atoms with Crippen LogP contribution in [0, 0.1) is 0 Å². The molecule has 0 fully saturated rings. The molecule has 0 bridgehead atoms. The second-order valence-corrected chi connectivity index (χ2v) is 11.3. The third-order valence-corrected chi connectivity index (χ3v) is 9.06. The fourth-order valence-electron chi connectivity index (χ4n) is 5.34. The number of aliphatic imine (C=N–C) groups is 1. The highest BCUT2D eigenvalue weighted by atomic mass is 32.2. The highest BCUT2D eigenvalue weighted by Crippen LogP contribution is 2.54. The predicted octanol–water partition coefficient (Wildman–Crippen LogP) is 5.89. The van der Waals surface area contributed by atoms with E-state index in [9.17, 15) is 8.42 Å². The molecule has 6 heteroatoms. The normalized spacial score (nSPS) is 20.3. The first kappa shape index (κ1) is 20.9. The van der Waals surface area contributed by atoms with Crippen LogP contribution < -0.4 is 9.64 Å². The monoisotopic (exact) mass is 468 g/mol. The Morgan fingerprint density at radius 2 is 1.50 bits per heavy atom. The molecule has 170 valence electrons. The van der Waals surface area contributed by atoms with Crippen LogP contribution in [0.25, 0.3) is 10.8 Å². The lowest BCUT2D eigenvalue weighted by molar-refractivity contribution is 0.0824. The number of rotatable bonds is 2. The predicted molar refractivity (Wildman–Crippen MR) is 135 cm³/mol. The first-order chi connectivity index (χ1) is 16.3. The number of para-hydroxylation sites is 1. The molecule has 2 aliphatic rings. The summed E-state index contributed by atoms with van der Waals surface area (Å²) in [5.41, 5.74) is 1.56. The number of hydrogen-bond donors (Lipinski definition) is 0. The van der Waals surface area contributed by atoms with Crippen molar-refractivity contribution in [3.63, 3.8) is 0 Å². The molecule has 0 saturated carbocycles. The molecule has 34 heavy (non-hydrogen) atoms. The number of hydrogen-bond acceptors (Lipinski definition) is 5. The van der Waals surface area contributed by atoms with E-state index in [1.165, 1.54) is 0 Å². The van der Waals surface area contributed by atoms with Gasteiger partial charge in [-0.3, -0.25) is 4.99 Å². The largest absolute Gasteiger partial charge is 0.459 e. The summed E-state index contributed by atoms with van der Waals surface area (Å²) in [7, 11) is -1.78. The third kappa shape index (κ3) is 2.60. The molecular weight excluding hydrogens is 444 g/mol. The summed E-state index contributed by atoms with van der Waals surface area (Å²) in [5.74, 6) is 0.462. The van der Waals surface area contributed by atoms with Crippen LogP contribution in [-0.4, -0.2) is 27.4 Å². The Bertz CT molecular complexity index is 1590. The van der Waals surface area contributed by atoms with Crippen LogP contribution in [0.4, 0.5) is 11.4 Å². The Hall–Kier alpha value is -3.64. The van der Waals surface area contributed by atoms with E-state index in [1.807, 2.05) is 49.7 Å². The minimum absolute atomic E-state index is 0.219. The van der Waals surface area contributed by atoms with E-state index in [0.717, 1.165) is 16.6 Å². The summed E-state index contributed by atoms with van der Waals surface area (Å²) < 4.78 is 34.2. The molecule has 1 spiro atoms. The minimum Gasteiger partial charge on any atom is -0.459 e. The van der Waals surface area contributed by atoms with Gasteiger partial charge in [-0.1, -0.05) is 60.7 Å². The maximum atomic E-state index is 13.7. The third-order valence-electron chi connectivity index (χ3n) is 7.25. The lowest BCUT2D eigenvalue weighted by atomic mass is 9.77. The lowest BCUT2D eigenvalue weighted by Gasteiger charge is -2.45. The standard InChI is InChI=1S/C28H24N2O3S/c1-27(2)22-15-9-10-16-23(22)30(3)28(27)18-29-26-21-14-8-7-13-20(21)25(17-24(26)33-28)34(31,32)19-11-5-4-6-12-19/h4-18H,1-3H3. The molecule has 0 saturated heterocycles. The van der Waals surface area contributed by atoms with Gasteiger partial charge in [-0.15, -0.1) is 0 Å². The van der Waals surface area contributed by atoms with Crippen molar-refractivity contribution in [1.29, 1.82) is 0 Å². The van der Waals surface area contributed by atoms with Crippen LogP contribution in [0.3, 0.4) is 0 Å². The number of likely N-dealkylation sites (N-methyl/N-ethyl adjacent to an activating group) is 1. The van der Waals surface area contributed by atoms with Crippen molar-refractivity contribution in [2.45, 2.75) is 34.8 Å². The Kier molecular flexibility index (Phi) is 4.27. The van der Waals surface area contributed by atoms with Crippen LogP contribution in [0.15, 0.2) is 99.7 Å². The number of benzene rings is 4. The van der Waals surface area contributed by atoms with Gasteiger partial charge in [0.2, 0.25) is 15.6 Å². The van der Waals surface area contributed by atoms with E-state index in [2.05, 4.69) is 30.9 Å². The van der Waals surface area contributed by atoms with E-state index in [-0.39, 0.29) is 9.79 Å². The van der Waals surface area contributed by atoms with Gasteiger partial charge in [0, 0.05) is 29.6 Å². The Morgan fingerprint density at radius 1 is 0.853 bits per heavy atom. The smallest absolute Gasteiger partial charge is 0.228 e. The molecule has 4 aromatic carbocycles. The van der Waals surface area contributed by atoms with E-state index in [0.29, 0.717) is 16.8 Å². The van der Waals surface area contributed by atoms with E-state index >= 15 is 0 Å². The number of anilines is 1. The maximum Gasteiger partial charge on any atom is 0.228 e. The van der Waals surface area contributed by atoms with Crippen LogP contribution in [0.2, 0.25) is 0 Å². The zero-order chi connectivity index (χ0) is 23.7. The van der Waals surface area contributed by atoms with Gasteiger partial charge in [0.25, 0.3) is 0 Å². The van der Waals surface area contributed by atoms with Gasteiger partial charge in [0.15, 0.2) is 5.75 Å². The zero-order valence-corrected chi connectivity index (χ0v) is 20.0. The van der Waals surface area contributed by atoms with Gasteiger partial charge < -0.3 is 9.64 Å². The average molecular weight is 469 g/mol. The molecule has 4 aromatic rings. The van der Waals surface area contributed by atoms with Gasteiger partial charge in [-0.25, -0.2) is 8.42 Å². The topological polar surface area (TPSA) is 59.0 Å². The highest BCUT2D eigenvalue weighted by Gasteiger charge is 2.58. The van der Waals surface area contributed by atoms with Crippen molar-refractivity contribution in [2.75, 3.05) is 11.9 Å². The first-order valence-electron chi connectivity index (χ1n) is 11.2. The quantitative estimate of drug-likeness (QED) is 0.368. The van der Waals surface area contributed by atoms with Gasteiger partial charge >= 0.3 is 0 Å². The molecule has 2 aliphatic heterocycles. The van der Waals surface area contributed by atoms with Gasteiger partial charge in [0.1, 0.15) is 5.69 Å². The molecular formula is C28H24N2O3S. The number of nitrogens with zero attached hydrogens (tertiary/aromatic N) is 2. The van der Waals surface area contributed by atoms with Crippen molar-refractivity contribution in [2.24, 2.45) is 4.99 Å². The fraction of sp³-hybridized carbons (Fsp3) is 0.179. The van der Waals surface area contributed by atoms with E-state index in [4.69, 9.17) is 9.73 Å². The molecule has 1 atom stereocenters. The SMILES string of the molecule is CN1c2ccccc2C(C)(C)C12C=Nc1c(cc(S(=O)(=O)c3ccccc3)c3ccccc13)O2. The second kappa shape index (κ2) is 6.93. The summed E-state index contributed by atoms with van der Waals surface area (Å²) in [4.78, 5) is 7.46. The summed E-state index contributed by atoms with van der Waals surface area (Å²) >= 11 is 0. The Morgan fingerprint density at radius 3 is 2.24 bits per heavy atom. The minimum atomic E-state index is -3.78. The summed E-state index contributed by atoms with van der Waals surface area (Å²) in [6, 6.07) is 25.8. The van der Waals surface area contributed by atoms with E-state index < -0.39 is 21.0 Å². The molecule has 0 radical (unpaired) electrons. The first-order valence-corrected chi connectivity index (χ1v) is 12.7. The lowest BCUT2D eigenvalue weighted by Crippen LogP contribution is -2.61. The summed E-state index contributed by atoms with van der Waals surface area (Å²) in [6.45, 7) is 4.27. The van der Waals surface area contributed by atoms with Crippen LogP contribution in [-0.2, 0) is 15.3 Å². The summed E-state index contributed by atoms with van der Waals surface area (Å²) in [5, 5.41) is 1.38. The Labute approximate surface area is 199 Å². The number of ether oxygens (including phenoxy) is 1. The van der Waals surface area contributed by atoms with Crippen LogP contribution >= 0.6 is 0 Å². The Balaban J connectivity index is 1.59. The molecule has 2 heterocycles. The molecule has 6 rings (SSSR count). The number of fused-ring (bicyclic) bond motifs is 4. The maximum absolute atomic E-state index is 13.7. The van der Waals surface area contributed by atoms with Crippen molar-refractivity contribution >= 4 is 38.2 Å². The molecule has 0 aliphatic carbocycles. The summed E-state index contributed by atoms with van der Waals surface area (Å²) in [6.07, 6.45) is 1.87. The van der Waals surface area contributed by atoms with Gasteiger partial charge in [-0.2, -0.15) is 0 Å². The average Bonchev–Trinajstić information content (AvgIpc) is 3.02. The van der Waals surface area contributed by atoms with E-state index in [1.54, 1.807) is 36.4 Å². The van der Waals surface area contributed by atoms with Crippen molar-refractivity contribution in [3.05, 3.63) is 90.5 Å². The molecule has 0 aromatic heterocycles. The van der Waals surface area contributed by atoms with Crippen molar-refractivity contribution in [3.8, 4) is 5.75 Å². The molecule has 5 nitrogen and oxygen atoms in total. The van der Waals surface area contributed by atoms with Crippen molar-refractivity contribution in [1.82, 2.24) is 0 Å². The van der Waals surface area contributed by atoms with Crippen molar-refractivity contribution < 1.29 is 13.2 Å². The second-order valence-electron chi connectivity index (χ2n) is 9.34. The molecule has 1 unspecified atom stereocenters.